The lowest BCUT2D eigenvalue weighted by atomic mass is 10.2. The first-order valence-corrected chi connectivity index (χ1v) is 10.7. The van der Waals surface area contributed by atoms with Crippen LogP contribution >= 0.6 is 11.8 Å². The number of nitrogens with one attached hydrogen (secondary N) is 2. The number of thioether (sulfide) groups is 1. The number of rotatable bonds is 7. The zero-order valence-electron chi connectivity index (χ0n) is 15.2. The number of halogens is 2. The minimum atomic E-state index is -4.03. The fraction of sp³-hybridized carbons (Fsp3) is 0.312. The summed E-state index contributed by atoms with van der Waals surface area (Å²) in [4.78, 5) is 19.6. The molecule has 29 heavy (non-hydrogen) atoms. The summed E-state index contributed by atoms with van der Waals surface area (Å²) in [5.41, 5.74) is 0.114. The Balaban J connectivity index is 1.78. The third-order valence-corrected chi connectivity index (χ3v) is 6.21. The molecular weight excluding hydrogens is 428 g/mol. The highest BCUT2D eigenvalue weighted by Gasteiger charge is 2.28. The van der Waals surface area contributed by atoms with Gasteiger partial charge >= 0.3 is 10.2 Å². The third kappa shape index (κ3) is 5.31. The standard InChI is InChI=1S/C16H17F2N5O4S2/c1-27-14-7-12(22-29(25,26)23-6-5-19-13(24)8-23)20-16(21-14)28-9-10-3-2-4-11(17)15(10)18/h2-4,7H,5-6,8-9H2,1H3,(H,19,24)(H,20,21,22). The van der Waals surface area contributed by atoms with E-state index in [2.05, 4.69) is 20.0 Å². The number of hydrogen-bond donors (Lipinski definition) is 2. The van der Waals surface area contributed by atoms with Gasteiger partial charge in [0.05, 0.1) is 13.7 Å². The molecule has 0 spiro atoms. The van der Waals surface area contributed by atoms with Gasteiger partial charge in [-0.15, -0.1) is 0 Å². The maximum Gasteiger partial charge on any atom is 0.303 e. The second-order valence-corrected chi connectivity index (χ2v) is 8.48. The molecule has 2 N–H and O–H groups in total. The molecule has 1 saturated heterocycles. The number of hydrogen-bond acceptors (Lipinski definition) is 7. The highest BCUT2D eigenvalue weighted by molar-refractivity contribution is 7.98. The van der Waals surface area contributed by atoms with Crippen LogP contribution in [0.25, 0.3) is 0 Å². The Labute approximate surface area is 170 Å². The van der Waals surface area contributed by atoms with Gasteiger partial charge in [-0.25, -0.2) is 13.8 Å². The van der Waals surface area contributed by atoms with Crippen LogP contribution < -0.4 is 14.8 Å². The summed E-state index contributed by atoms with van der Waals surface area (Å²) in [5, 5.41) is 2.64. The molecule has 0 bridgehead atoms. The molecule has 1 aromatic carbocycles. The van der Waals surface area contributed by atoms with Gasteiger partial charge < -0.3 is 10.1 Å². The largest absolute Gasteiger partial charge is 0.481 e. The van der Waals surface area contributed by atoms with E-state index in [1.54, 1.807) is 0 Å². The number of amides is 1. The van der Waals surface area contributed by atoms with Crippen molar-refractivity contribution in [1.82, 2.24) is 19.6 Å². The minimum absolute atomic E-state index is 0.0231. The van der Waals surface area contributed by atoms with Crippen LogP contribution in [0, 0.1) is 11.6 Å². The predicted molar refractivity (Wildman–Crippen MR) is 102 cm³/mol. The van der Waals surface area contributed by atoms with E-state index < -0.39 is 27.8 Å². The monoisotopic (exact) mass is 445 g/mol. The smallest absolute Gasteiger partial charge is 0.303 e. The van der Waals surface area contributed by atoms with Gasteiger partial charge in [-0.05, 0) is 6.07 Å². The van der Waals surface area contributed by atoms with Gasteiger partial charge in [0.2, 0.25) is 11.8 Å². The fourth-order valence-corrected chi connectivity index (χ4v) is 4.39. The third-order valence-electron chi connectivity index (χ3n) is 3.86. The van der Waals surface area contributed by atoms with Gasteiger partial charge in [-0.3, -0.25) is 9.52 Å². The highest BCUT2D eigenvalue weighted by Crippen LogP contribution is 2.26. The average molecular weight is 445 g/mol. The summed E-state index contributed by atoms with van der Waals surface area (Å²) in [6, 6.07) is 5.10. The van der Waals surface area contributed by atoms with Crippen LogP contribution in [0.1, 0.15) is 5.56 Å². The molecule has 3 rings (SSSR count). The summed E-state index contributed by atoms with van der Waals surface area (Å²) in [6.45, 7) is 0.00882. The van der Waals surface area contributed by atoms with Gasteiger partial charge in [0, 0.05) is 30.5 Å². The Hall–Kier alpha value is -2.51. The molecule has 1 fully saturated rings. The number of ether oxygens (including phenoxy) is 1. The number of benzene rings is 1. The summed E-state index contributed by atoms with van der Waals surface area (Å²) in [6.07, 6.45) is 0. The van der Waals surface area contributed by atoms with E-state index in [1.807, 2.05) is 0 Å². The summed E-state index contributed by atoms with van der Waals surface area (Å²) in [7, 11) is -2.69. The highest BCUT2D eigenvalue weighted by atomic mass is 32.2. The maximum atomic E-state index is 13.8. The van der Waals surface area contributed by atoms with Crippen LogP contribution in [0.4, 0.5) is 14.6 Å². The first kappa shape index (κ1) is 21.2. The quantitative estimate of drug-likeness (QED) is 0.485. The topological polar surface area (TPSA) is 114 Å². The minimum Gasteiger partial charge on any atom is -0.481 e. The number of aromatic nitrogens is 2. The normalized spacial score (nSPS) is 15.1. The summed E-state index contributed by atoms with van der Waals surface area (Å²) < 4.78 is 60.5. The van der Waals surface area contributed by atoms with Gasteiger partial charge in [0.15, 0.2) is 16.8 Å². The van der Waals surface area contributed by atoms with Crippen molar-refractivity contribution in [1.29, 1.82) is 0 Å². The molecule has 1 aliphatic rings. The Morgan fingerprint density at radius 2 is 2.14 bits per heavy atom. The van der Waals surface area contributed by atoms with Crippen molar-refractivity contribution in [2.45, 2.75) is 10.9 Å². The van der Waals surface area contributed by atoms with Crippen LogP contribution in [0.3, 0.4) is 0 Å². The van der Waals surface area contributed by atoms with E-state index in [0.717, 1.165) is 22.1 Å². The second kappa shape index (κ2) is 8.88. The van der Waals surface area contributed by atoms with Crippen LogP contribution in [0.15, 0.2) is 29.4 Å². The zero-order chi connectivity index (χ0) is 21.0. The van der Waals surface area contributed by atoms with E-state index in [1.165, 1.54) is 25.3 Å². The van der Waals surface area contributed by atoms with Crippen molar-refractivity contribution in [3.63, 3.8) is 0 Å². The van der Waals surface area contributed by atoms with E-state index in [0.29, 0.717) is 0 Å². The molecule has 2 aromatic rings. The maximum absolute atomic E-state index is 13.8. The Morgan fingerprint density at radius 1 is 1.34 bits per heavy atom. The molecule has 2 heterocycles. The Kier molecular flexibility index (Phi) is 6.49. The van der Waals surface area contributed by atoms with Gasteiger partial charge in [-0.1, -0.05) is 23.9 Å². The molecule has 156 valence electrons. The first-order valence-electron chi connectivity index (χ1n) is 8.32. The van der Waals surface area contributed by atoms with Crippen LogP contribution in [-0.2, 0) is 20.8 Å². The summed E-state index contributed by atoms with van der Waals surface area (Å²) >= 11 is 0.981. The summed E-state index contributed by atoms with van der Waals surface area (Å²) in [5.74, 6) is -2.31. The van der Waals surface area contributed by atoms with Crippen LogP contribution in [-0.4, -0.2) is 55.3 Å². The van der Waals surface area contributed by atoms with Crippen molar-refractivity contribution in [3.8, 4) is 5.88 Å². The molecule has 1 amide bonds. The molecule has 0 radical (unpaired) electrons. The van der Waals surface area contributed by atoms with Gasteiger partial charge in [0.25, 0.3) is 0 Å². The number of carbonyl (C=O) groups excluding carboxylic acids is 1. The Morgan fingerprint density at radius 3 is 2.86 bits per heavy atom. The zero-order valence-corrected chi connectivity index (χ0v) is 16.8. The van der Waals surface area contributed by atoms with Crippen molar-refractivity contribution in [2.75, 3.05) is 31.5 Å². The van der Waals surface area contributed by atoms with E-state index in [-0.39, 0.29) is 47.8 Å². The molecule has 1 aromatic heterocycles. The van der Waals surface area contributed by atoms with Crippen molar-refractivity contribution < 1.29 is 26.7 Å². The van der Waals surface area contributed by atoms with Gasteiger partial charge in [-0.2, -0.15) is 17.7 Å². The second-order valence-electron chi connectivity index (χ2n) is 5.87. The number of nitrogens with zero attached hydrogens (tertiary/aromatic N) is 3. The first-order chi connectivity index (χ1) is 13.8. The van der Waals surface area contributed by atoms with Gasteiger partial charge in [0.1, 0.15) is 5.82 Å². The van der Waals surface area contributed by atoms with E-state index >= 15 is 0 Å². The van der Waals surface area contributed by atoms with Crippen molar-refractivity contribution in [3.05, 3.63) is 41.5 Å². The molecule has 0 unspecified atom stereocenters. The Bertz CT molecular complexity index is 1020. The number of methoxy groups -OCH3 is 1. The molecular formula is C16H17F2N5O4S2. The lowest BCUT2D eigenvalue weighted by Gasteiger charge is -2.26. The lowest BCUT2D eigenvalue weighted by molar-refractivity contribution is -0.122. The average Bonchev–Trinajstić information content (AvgIpc) is 2.68. The van der Waals surface area contributed by atoms with Crippen molar-refractivity contribution in [2.24, 2.45) is 0 Å². The number of piperazine rings is 1. The fourth-order valence-electron chi connectivity index (χ4n) is 2.44. The van der Waals surface area contributed by atoms with Crippen LogP contribution in [0.2, 0.25) is 0 Å². The van der Waals surface area contributed by atoms with E-state index in [9.17, 15) is 22.0 Å². The van der Waals surface area contributed by atoms with E-state index in [4.69, 9.17) is 4.74 Å². The molecule has 0 atom stereocenters. The predicted octanol–water partition coefficient (Wildman–Crippen LogP) is 1.14. The SMILES string of the molecule is COc1cc(NS(=O)(=O)N2CCNC(=O)C2)nc(SCc2cccc(F)c2F)n1. The van der Waals surface area contributed by atoms with Crippen molar-refractivity contribution >= 4 is 33.7 Å². The molecule has 1 aliphatic heterocycles. The number of anilines is 1. The molecule has 0 aliphatic carbocycles. The molecule has 0 saturated carbocycles. The number of carbonyl (C=O) groups is 1. The molecule has 13 heteroatoms. The lowest BCUT2D eigenvalue weighted by Crippen LogP contribution is -2.51. The molecule has 9 nitrogen and oxygen atoms in total. The van der Waals surface area contributed by atoms with Crippen LogP contribution in [0.5, 0.6) is 5.88 Å².